The fourth-order valence-corrected chi connectivity index (χ4v) is 5.12. The molecule has 3 unspecified atom stereocenters. The standard InChI is InChI=1S/C13H23NO4S/c1-9(2)19(17,18)14-11-6-4-3-5-10(11)7-8-12(14)13(15)16/h9-12H,3-8H2,1-2H3,(H,15,16). The van der Waals surface area contributed by atoms with Crippen molar-refractivity contribution in [1.82, 2.24) is 4.31 Å². The highest BCUT2D eigenvalue weighted by Crippen LogP contribution is 2.40. The minimum atomic E-state index is -3.51. The van der Waals surface area contributed by atoms with Crippen molar-refractivity contribution in [2.45, 2.75) is 69.7 Å². The number of hydrogen-bond donors (Lipinski definition) is 1. The SMILES string of the molecule is CC(C)S(=O)(=O)N1C(C(=O)O)CCC2CCCCC21. The van der Waals surface area contributed by atoms with E-state index in [4.69, 9.17) is 0 Å². The number of carboxylic acid groups (broad SMARTS) is 1. The van der Waals surface area contributed by atoms with Crippen molar-refractivity contribution in [3.05, 3.63) is 0 Å². The lowest BCUT2D eigenvalue weighted by Gasteiger charge is -2.46. The molecule has 6 heteroatoms. The van der Waals surface area contributed by atoms with Gasteiger partial charge in [-0.15, -0.1) is 0 Å². The molecule has 2 aliphatic rings. The first kappa shape index (κ1) is 14.8. The highest BCUT2D eigenvalue weighted by molar-refractivity contribution is 7.89. The molecular weight excluding hydrogens is 266 g/mol. The first-order chi connectivity index (χ1) is 8.85. The molecule has 0 spiro atoms. The summed E-state index contributed by atoms with van der Waals surface area (Å²) in [5.74, 6) is -0.661. The van der Waals surface area contributed by atoms with Gasteiger partial charge in [0.05, 0.1) is 5.25 Å². The topological polar surface area (TPSA) is 74.7 Å². The van der Waals surface area contributed by atoms with Crippen LogP contribution in [0.1, 0.15) is 52.4 Å². The maximum absolute atomic E-state index is 12.5. The average Bonchev–Trinajstić information content (AvgIpc) is 2.36. The Morgan fingerprint density at radius 2 is 1.79 bits per heavy atom. The number of nitrogens with zero attached hydrogens (tertiary/aromatic N) is 1. The summed E-state index contributed by atoms with van der Waals surface area (Å²) >= 11 is 0. The zero-order valence-electron chi connectivity index (χ0n) is 11.6. The number of piperidine rings is 1. The smallest absolute Gasteiger partial charge is 0.322 e. The summed E-state index contributed by atoms with van der Waals surface area (Å²) in [5, 5.41) is 8.78. The van der Waals surface area contributed by atoms with Crippen LogP contribution in [0.4, 0.5) is 0 Å². The molecule has 110 valence electrons. The van der Waals surface area contributed by atoms with Crippen LogP contribution in [-0.2, 0) is 14.8 Å². The first-order valence-electron chi connectivity index (χ1n) is 7.11. The van der Waals surface area contributed by atoms with Crippen LogP contribution in [0.5, 0.6) is 0 Å². The Hall–Kier alpha value is -0.620. The number of hydrogen-bond acceptors (Lipinski definition) is 3. The average molecular weight is 289 g/mol. The van der Waals surface area contributed by atoms with E-state index in [9.17, 15) is 18.3 Å². The second-order valence-electron chi connectivity index (χ2n) is 5.97. The summed E-state index contributed by atoms with van der Waals surface area (Å²) in [6.07, 6.45) is 5.25. The zero-order valence-corrected chi connectivity index (χ0v) is 12.4. The lowest BCUT2D eigenvalue weighted by molar-refractivity contribution is -0.144. The van der Waals surface area contributed by atoms with Gasteiger partial charge >= 0.3 is 5.97 Å². The molecule has 1 aliphatic heterocycles. The molecule has 1 N–H and O–H groups in total. The summed E-state index contributed by atoms with van der Waals surface area (Å²) < 4.78 is 26.4. The van der Waals surface area contributed by atoms with Gasteiger partial charge in [0.15, 0.2) is 0 Å². The summed E-state index contributed by atoms with van der Waals surface area (Å²) in [4.78, 5) is 11.4. The molecule has 3 atom stereocenters. The normalized spacial score (nSPS) is 33.1. The lowest BCUT2D eigenvalue weighted by Crippen LogP contribution is -2.58. The van der Waals surface area contributed by atoms with Gasteiger partial charge in [0.2, 0.25) is 10.0 Å². The Labute approximate surface area is 115 Å². The summed E-state index contributed by atoms with van der Waals surface area (Å²) in [7, 11) is -3.51. The number of carboxylic acids is 1. The van der Waals surface area contributed by atoms with Crippen molar-refractivity contribution >= 4 is 16.0 Å². The van der Waals surface area contributed by atoms with E-state index in [0.717, 1.165) is 32.1 Å². The van der Waals surface area contributed by atoms with Crippen LogP contribution in [-0.4, -0.2) is 41.1 Å². The zero-order chi connectivity index (χ0) is 14.2. The molecule has 0 aromatic carbocycles. The minimum Gasteiger partial charge on any atom is -0.480 e. The monoisotopic (exact) mass is 289 g/mol. The fraction of sp³-hybridized carbons (Fsp3) is 0.923. The van der Waals surface area contributed by atoms with Gasteiger partial charge in [-0.3, -0.25) is 4.79 Å². The van der Waals surface area contributed by atoms with Gasteiger partial charge in [0.1, 0.15) is 6.04 Å². The predicted octanol–water partition coefficient (Wildman–Crippen LogP) is 1.83. The van der Waals surface area contributed by atoms with E-state index in [2.05, 4.69) is 0 Å². The van der Waals surface area contributed by atoms with E-state index in [1.54, 1.807) is 13.8 Å². The third-order valence-electron chi connectivity index (χ3n) is 4.49. The van der Waals surface area contributed by atoms with Crippen LogP contribution in [0, 0.1) is 5.92 Å². The Morgan fingerprint density at radius 3 is 2.37 bits per heavy atom. The van der Waals surface area contributed by atoms with Gasteiger partial charge < -0.3 is 5.11 Å². The third kappa shape index (κ3) is 2.65. The molecule has 0 bridgehead atoms. The van der Waals surface area contributed by atoms with Crippen molar-refractivity contribution in [3.63, 3.8) is 0 Å². The molecule has 19 heavy (non-hydrogen) atoms. The number of sulfonamides is 1. The van der Waals surface area contributed by atoms with Gasteiger partial charge in [-0.05, 0) is 45.4 Å². The van der Waals surface area contributed by atoms with Crippen LogP contribution >= 0.6 is 0 Å². The number of fused-ring (bicyclic) bond motifs is 1. The molecule has 0 radical (unpaired) electrons. The molecular formula is C13H23NO4S. The third-order valence-corrected chi connectivity index (χ3v) is 6.79. The second-order valence-corrected chi connectivity index (χ2v) is 8.36. The molecule has 2 fully saturated rings. The molecule has 0 aromatic rings. The number of aliphatic carboxylic acids is 1. The molecule has 1 saturated heterocycles. The first-order valence-corrected chi connectivity index (χ1v) is 8.61. The summed E-state index contributed by atoms with van der Waals surface area (Å²) in [6.45, 7) is 3.25. The second kappa shape index (κ2) is 5.40. The van der Waals surface area contributed by atoms with Crippen molar-refractivity contribution < 1.29 is 18.3 Å². The van der Waals surface area contributed by atoms with Crippen LogP contribution < -0.4 is 0 Å². The van der Waals surface area contributed by atoms with Crippen molar-refractivity contribution in [2.24, 2.45) is 5.92 Å². The molecule has 0 aromatic heterocycles. The van der Waals surface area contributed by atoms with E-state index in [0.29, 0.717) is 12.3 Å². The van der Waals surface area contributed by atoms with E-state index in [-0.39, 0.29) is 6.04 Å². The highest BCUT2D eigenvalue weighted by Gasteiger charge is 2.47. The number of carbonyl (C=O) groups is 1. The maximum Gasteiger partial charge on any atom is 0.322 e. The Balaban J connectivity index is 2.37. The van der Waals surface area contributed by atoms with E-state index < -0.39 is 27.3 Å². The molecule has 1 heterocycles. The predicted molar refractivity (Wildman–Crippen MR) is 72.3 cm³/mol. The number of rotatable bonds is 3. The van der Waals surface area contributed by atoms with E-state index >= 15 is 0 Å². The van der Waals surface area contributed by atoms with E-state index in [1.807, 2.05) is 0 Å². The quantitative estimate of drug-likeness (QED) is 0.860. The Morgan fingerprint density at radius 1 is 1.16 bits per heavy atom. The lowest BCUT2D eigenvalue weighted by atomic mass is 9.78. The molecule has 2 rings (SSSR count). The van der Waals surface area contributed by atoms with Gasteiger partial charge in [-0.2, -0.15) is 4.31 Å². The largest absolute Gasteiger partial charge is 0.480 e. The fourth-order valence-electron chi connectivity index (χ4n) is 3.43. The minimum absolute atomic E-state index is 0.101. The summed E-state index contributed by atoms with van der Waals surface area (Å²) in [6, 6.07) is -0.970. The van der Waals surface area contributed by atoms with Crippen molar-refractivity contribution in [1.29, 1.82) is 0 Å². The van der Waals surface area contributed by atoms with Crippen molar-refractivity contribution in [3.8, 4) is 0 Å². The summed E-state index contributed by atoms with van der Waals surface area (Å²) in [5.41, 5.74) is 0. The van der Waals surface area contributed by atoms with Gasteiger partial charge in [0, 0.05) is 6.04 Å². The van der Waals surface area contributed by atoms with Gasteiger partial charge in [-0.25, -0.2) is 8.42 Å². The van der Waals surface area contributed by atoms with E-state index in [1.165, 1.54) is 4.31 Å². The van der Waals surface area contributed by atoms with Crippen LogP contribution in [0.25, 0.3) is 0 Å². The Bertz CT molecular complexity index is 446. The molecule has 1 saturated carbocycles. The molecule has 5 nitrogen and oxygen atoms in total. The Kier molecular flexibility index (Phi) is 4.20. The van der Waals surface area contributed by atoms with Crippen molar-refractivity contribution in [2.75, 3.05) is 0 Å². The maximum atomic E-state index is 12.5. The van der Waals surface area contributed by atoms with Crippen LogP contribution in [0.2, 0.25) is 0 Å². The molecule has 0 amide bonds. The molecule has 1 aliphatic carbocycles. The van der Waals surface area contributed by atoms with Gasteiger partial charge in [-0.1, -0.05) is 12.8 Å². The highest BCUT2D eigenvalue weighted by atomic mass is 32.2. The van der Waals surface area contributed by atoms with Gasteiger partial charge in [0.25, 0.3) is 0 Å². The van der Waals surface area contributed by atoms with Crippen LogP contribution in [0.3, 0.4) is 0 Å². The van der Waals surface area contributed by atoms with Crippen LogP contribution in [0.15, 0.2) is 0 Å².